The molecular weight excluding hydrogens is 370 g/mol. The van der Waals surface area contributed by atoms with E-state index in [4.69, 9.17) is 21.1 Å². The normalized spacial score (nSPS) is 14.2. The second-order valence-electron chi connectivity index (χ2n) is 6.00. The second-order valence-corrected chi connectivity index (χ2v) is 6.38. The SMILES string of the molecule is COC(=O)c1nc(C2CC2)nc(NC(OC)C(=C=O)c2ccccc2)c1Cl. The Labute approximate surface area is 161 Å². The smallest absolute Gasteiger partial charge is 0.358 e. The third-order valence-corrected chi connectivity index (χ3v) is 4.51. The topological polar surface area (TPSA) is 90.4 Å². The summed E-state index contributed by atoms with van der Waals surface area (Å²) in [6.07, 6.45) is 1.02. The van der Waals surface area contributed by atoms with E-state index in [-0.39, 0.29) is 28.0 Å². The maximum Gasteiger partial charge on any atom is 0.358 e. The van der Waals surface area contributed by atoms with Crippen LogP contribution in [0.25, 0.3) is 5.57 Å². The van der Waals surface area contributed by atoms with Gasteiger partial charge in [0.2, 0.25) is 0 Å². The lowest BCUT2D eigenvalue weighted by molar-refractivity contribution is 0.0593. The Kier molecular flexibility index (Phi) is 5.86. The molecule has 1 unspecified atom stereocenters. The Morgan fingerprint density at radius 2 is 1.96 bits per heavy atom. The molecular formula is C19H18ClN3O4. The number of aromatic nitrogens is 2. The Balaban J connectivity index is 1.98. The monoisotopic (exact) mass is 387 g/mol. The first-order valence-corrected chi connectivity index (χ1v) is 8.72. The molecule has 0 radical (unpaired) electrons. The van der Waals surface area contributed by atoms with Crippen molar-refractivity contribution >= 4 is 34.9 Å². The van der Waals surface area contributed by atoms with Gasteiger partial charge in [0, 0.05) is 13.0 Å². The van der Waals surface area contributed by atoms with Gasteiger partial charge < -0.3 is 14.8 Å². The van der Waals surface area contributed by atoms with Crippen LogP contribution in [0.1, 0.15) is 40.6 Å². The molecule has 0 bridgehead atoms. The Hall–Kier alpha value is -2.73. The fourth-order valence-electron chi connectivity index (χ4n) is 2.57. The molecule has 0 saturated heterocycles. The highest BCUT2D eigenvalue weighted by molar-refractivity contribution is 6.35. The second kappa shape index (κ2) is 8.31. The van der Waals surface area contributed by atoms with E-state index in [1.807, 2.05) is 12.0 Å². The largest absolute Gasteiger partial charge is 0.464 e. The molecule has 1 aromatic carbocycles. The van der Waals surface area contributed by atoms with Crippen LogP contribution in [0, 0.1) is 0 Å². The number of benzene rings is 1. The Morgan fingerprint density at radius 3 is 2.52 bits per heavy atom. The van der Waals surface area contributed by atoms with E-state index in [2.05, 4.69) is 15.3 Å². The standard InChI is InChI=1S/C19H18ClN3O4/c1-26-18(13(10-24)11-6-4-3-5-7-11)23-17-14(20)15(19(25)27-2)21-16(22-17)12-8-9-12/h3-7,12,18H,8-9H2,1-2H3,(H,21,22,23). The van der Waals surface area contributed by atoms with E-state index in [0.717, 1.165) is 12.8 Å². The zero-order chi connectivity index (χ0) is 19.4. The van der Waals surface area contributed by atoms with Crippen LogP contribution >= 0.6 is 11.6 Å². The van der Waals surface area contributed by atoms with Crippen molar-refractivity contribution in [1.29, 1.82) is 0 Å². The first-order chi connectivity index (χ1) is 13.1. The molecule has 7 nitrogen and oxygen atoms in total. The Morgan fingerprint density at radius 1 is 1.26 bits per heavy atom. The van der Waals surface area contributed by atoms with Gasteiger partial charge in [0.25, 0.3) is 0 Å². The first kappa shape index (κ1) is 19.0. The van der Waals surface area contributed by atoms with Crippen molar-refractivity contribution in [2.75, 3.05) is 19.5 Å². The van der Waals surface area contributed by atoms with Gasteiger partial charge in [0.15, 0.2) is 17.7 Å². The van der Waals surface area contributed by atoms with Crippen LogP contribution in [-0.4, -0.2) is 42.3 Å². The summed E-state index contributed by atoms with van der Waals surface area (Å²) >= 11 is 6.32. The average molecular weight is 388 g/mol. The van der Waals surface area contributed by atoms with Gasteiger partial charge in [-0.3, -0.25) is 0 Å². The van der Waals surface area contributed by atoms with Crippen LogP contribution in [0.3, 0.4) is 0 Å². The third kappa shape index (κ3) is 4.17. The van der Waals surface area contributed by atoms with E-state index in [1.54, 1.807) is 24.3 Å². The van der Waals surface area contributed by atoms with Gasteiger partial charge in [-0.15, -0.1) is 0 Å². The maximum atomic E-state index is 12.0. The number of hydrogen-bond donors (Lipinski definition) is 1. The summed E-state index contributed by atoms with van der Waals surface area (Å²) in [7, 11) is 2.70. The van der Waals surface area contributed by atoms with Crippen LogP contribution in [-0.2, 0) is 14.3 Å². The molecule has 27 heavy (non-hydrogen) atoms. The van der Waals surface area contributed by atoms with Gasteiger partial charge in [-0.1, -0.05) is 41.9 Å². The number of anilines is 1. The molecule has 1 aromatic heterocycles. The minimum atomic E-state index is -0.866. The van der Waals surface area contributed by atoms with Gasteiger partial charge in [-0.2, -0.15) is 0 Å². The number of hydrogen-bond acceptors (Lipinski definition) is 7. The molecule has 140 valence electrons. The van der Waals surface area contributed by atoms with Crippen LogP contribution in [0.4, 0.5) is 5.82 Å². The summed E-state index contributed by atoms with van der Waals surface area (Å²) in [6, 6.07) is 8.98. The van der Waals surface area contributed by atoms with E-state index < -0.39 is 12.2 Å². The molecule has 0 spiro atoms. The van der Waals surface area contributed by atoms with Crippen molar-refractivity contribution < 1.29 is 19.1 Å². The number of nitrogens with one attached hydrogen (secondary N) is 1. The maximum absolute atomic E-state index is 12.0. The predicted octanol–water partition coefficient (Wildman–Crippen LogP) is 3.09. The zero-order valence-corrected chi connectivity index (χ0v) is 15.6. The molecule has 1 aliphatic rings. The zero-order valence-electron chi connectivity index (χ0n) is 14.9. The molecule has 1 N–H and O–H groups in total. The van der Waals surface area contributed by atoms with Crippen molar-refractivity contribution in [3.8, 4) is 0 Å². The van der Waals surface area contributed by atoms with Gasteiger partial charge in [0.05, 0.1) is 12.7 Å². The minimum Gasteiger partial charge on any atom is -0.464 e. The van der Waals surface area contributed by atoms with E-state index in [9.17, 15) is 9.59 Å². The van der Waals surface area contributed by atoms with Crippen molar-refractivity contribution in [2.24, 2.45) is 0 Å². The lowest BCUT2D eigenvalue weighted by Crippen LogP contribution is -2.25. The highest BCUT2D eigenvalue weighted by atomic mass is 35.5. The van der Waals surface area contributed by atoms with Crippen LogP contribution < -0.4 is 5.32 Å². The number of nitrogens with zero attached hydrogens (tertiary/aromatic N) is 2. The fraction of sp³-hybridized carbons (Fsp3) is 0.316. The highest BCUT2D eigenvalue weighted by Crippen LogP contribution is 2.40. The number of rotatable bonds is 7. The summed E-state index contributed by atoms with van der Waals surface area (Å²) in [5, 5.41) is 2.98. The van der Waals surface area contributed by atoms with Crippen molar-refractivity contribution in [2.45, 2.75) is 25.0 Å². The Bertz CT molecular complexity index is 893. The quantitative estimate of drug-likeness (QED) is 0.443. The number of methoxy groups -OCH3 is 2. The lowest BCUT2D eigenvalue weighted by atomic mass is 10.1. The van der Waals surface area contributed by atoms with Crippen molar-refractivity contribution in [1.82, 2.24) is 9.97 Å². The van der Waals surface area contributed by atoms with E-state index in [1.165, 1.54) is 14.2 Å². The number of ether oxygens (including phenoxy) is 2. The average Bonchev–Trinajstić information content (AvgIpc) is 3.54. The van der Waals surface area contributed by atoms with Gasteiger partial charge in [-0.25, -0.2) is 19.6 Å². The number of carbonyl (C=O) groups excluding carboxylic acids is 2. The van der Waals surface area contributed by atoms with Crippen molar-refractivity contribution in [3.05, 3.63) is 52.4 Å². The van der Waals surface area contributed by atoms with E-state index in [0.29, 0.717) is 11.4 Å². The van der Waals surface area contributed by atoms with Gasteiger partial charge in [-0.05, 0) is 18.4 Å². The van der Waals surface area contributed by atoms with Crippen LogP contribution in [0.2, 0.25) is 5.02 Å². The molecule has 1 fully saturated rings. The third-order valence-electron chi connectivity index (χ3n) is 4.15. The fourth-order valence-corrected chi connectivity index (χ4v) is 2.79. The van der Waals surface area contributed by atoms with Crippen molar-refractivity contribution in [3.63, 3.8) is 0 Å². The molecule has 2 aromatic rings. The predicted molar refractivity (Wildman–Crippen MR) is 100 cm³/mol. The number of esters is 1. The molecule has 0 aliphatic heterocycles. The summed E-state index contributed by atoms with van der Waals surface area (Å²) < 4.78 is 10.2. The first-order valence-electron chi connectivity index (χ1n) is 8.34. The lowest BCUT2D eigenvalue weighted by Gasteiger charge is -2.20. The summed E-state index contributed by atoms with van der Waals surface area (Å²) in [4.78, 5) is 32.3. The van der Waals surface area contributed by atoms with E-state index >= 15 is 0 Å². The summed E-state index contributed by atoms with van der Waals surface area (Å²) in [5.74, 6) is 2.14. The summed E-state index contributed by atoms with van der Waals surface area (Å²) in [5.41, 5.74) is 0.873. The molecule has 1 atom stereocenters. The minimum absolute atomic E-state index is 0.00612. The summed E-state index contributed by atoms with van der Waals surface area (Å²) in [6.45, 7) is 0. The molecule has 0 amide bonds. The van der Waals surface area contributed by atoms with Crippen LogP contribution in [0.5, 0.6) is 0 Å². The molecule has 1 aliphatic carbocycles. The number of halogens is 1. The number of carbonyl (C=O) groups is 1. The van der Waals surface area contributed by atoms with Gasteiger partial charge in [0.1, 0.15) is 16.8 Å². The molecule has 1 heterocycles. The molecule has 3 rings (SSSR count). The van der Waals surface area contributed by atoms with Crippen LogP contribution in [0.15, 0.2) is 30.3 Å². The highest BCUT2D eigenvalue weighted by Gasteiger charge is 2.31. The molecule has 8 heteroatoms. The molecule has 1 saturated carbocycles. The van der Waals surface area contributed by atoms with Gasteiger partial charge >= 0.3 is 5.97 Å².